The van der Waals surface area contributed by atoms with E-state index in [-0.39, 0.29) is 18.2 Å². The summed E-state index contributed by atoms with van der Waals surface area (Å²) in [6.07, 6.45) is 0.920. The van der Waals surface area contributed by atoms with Crippen molar-refractivity contribution in [3.05, 3.63) is 33.3 Å². The van der Waals surface area contributed by atoms with Gasteiger partial charge in [-0.2, -0.15) is 0 Å². The molecule has 0 bridgehead atoms. The molecule has 1 aromatic rings. The number of non-ortho nitro benzene ring substituents is 1. The van der Waals surface area contributed by atoms with Crippen LogP contribution in [0.25, 0.3) is 0 Å². The van der Waals surface area contributed by atoms with Crippen molar-refractivity contribution >= 4 is 23.0 Å². The molecule has 6 heteroatoms. The molecule has 17 heavy (non-hydrogen) atoms. The van der Waals surface area contributed by atoms with Crippen LogP contribution in [0.15, 0.2) is 18.2 Å². The lowest BCUT2D eigenvalue weighted by atomic mass is 10.1. The number of nitrogens with zero attached hydrogens (tertiary/aromatic N) is 2. The van der Waals surface area contributed by atoms with Crippen LogP contribution >= 0.6 is 11.6 Å². The van der Waals surface area contributed by atoms with Gasteiger partial charge in [0.1, 0.15) is 0 Å². The number of anilines is 1. The number of benzene rings is 1. The van der Waals surface area contributed by atoms with Gasteiger partial charge in [-0.05, 0) is 12.5 Å². The van der Waals surface area contributed by atoms with Crippen LogP contribution in [0.2, 0.25) is 5.02 Å². The Morgan fingerprint density at radius 3 is 2.88 bits per heavy atom. The first-order valence-electron chi connectivity index (χ1n) is 5.41. The molecule has 0 amide bonds. The fourth-order valence-electron chi connectivity index (χ4n) is 2.07. The van der Waals surface area contributed by atoms with Crippen molar-refractivity contribution in [3.63, 3.8) is 0 Å². The van der Waals surface area contributed by atoms with E-state index in [1.165, 1.54) is 12.1 Å². The van der Waals surface area contributed by atoms with E-state index in [9.17, 15) is 10.1 Å². The summed E-state index contributed by atoms with van der Waals surface area (Å²) in [6.45, 7) is 1.73. The summed E-state index contributed by atoms with van der Waals surface area (Å²) in [5, 5.41) is 20.0. The zero-order valence-electron chi connectivity index (χ0n) is 9.17. The van der Waals surface area contributed by atoms with Gasteiger partial charge in [0, 0.05) is 37.7 Å². The van der Waals surface area contributed by atoms with Crippen LogP contribution < -0.4 is 4.90 Å². The van der Waals surface area contributed by atoms with Crippen LogP contribution in [0.5, 0.6) is 0 Å². The minimum Gasteiger partial charge on any atom is -0.396 e. The maximum atomic E-state index is 10.6. The van der Waals surface area contributed by atoms with E-state index in [1.807, 2.05) is 4.90 Å². The molecule has 0 saturated carbocycles. The molecular weight excluding hydrogens is 244 g/mol. The minimum absolute atomic E-state index is 0.00310. The Bertz CT molecular complexity index is 439. The van der Waals surface area contributed by atoms with Crippen molar-refractivity contribution in [2.75, 3.05) is 24.6 Å². The van der Waals surface area contributed by atoms with Crippen LogP contribution in [0, 0.1) is 16.0 Å². The lowest BCUT2D eigenvalue weighted by Crippen LogP contribution is -2.20. The second kappa shape index (κ2) is 4.89. The van der Waals surface area contributed by atoms with Gasteiger partial charge < -0.3 is 10.0 Å². The third-order valence-corrected chi connectivity index (χ3v) is 3.33. The summed E-state index contributed by atoms with van der Waals surface area (Å²) in [5.41, 5.74) is 0.796. The molecule has 1 atom stereocenters. The number of aliphatic hydroxyl groups is 1. The molecule has 1 heterocycles. The first-order chi connectivity index (χ1) is 8.11. The molecule has 1 aliphatic rings. The molecule has 0 spiro atoms. The van der Waals surface area contributed by atoms with Crippen molar-refractivity contribution in [3.8, 4) is 0 Å². The van der Waals surface area contributed by atoms with Crippen LogP contribution in [0.3, 0.4) is 0 Å². The predicted molar refractivity (Wildman–Crippen MR) is 65.5 cm³/mol. The smallest absolute Gasteiger partial charge is 0.271 e. The zero-order valence-corrected chi connectivity index (χ0v) is 9.93. The fourth-order valence-corrected chi connectivity index (χ4v) is 2.36. The molecule has 1 aromatic carbocycles. The Morgan fingerprint density at radius 2 is 2.35 bits per heavy atom. The summed E-state index contributed by atoms with van der Waals surface area (Å²) < 4.78 is 0. The Kier molecular flexibility index (Phi) is 3.49. The average molecular weight is 257 g/mol. The van der Waals surface area contributed by atoms with Crippen LogP contribution in [0.4, 0.5) is 11.4 Å². The van der Waals surface area contributed by atoms with E-state index in [2.05, 4.69) is 0 Å². The lowest BCUT2D eigenvalue weighted by Gasteiger charge is -2.19. The van der Waals surface area contributed by atoms with Crippen molar-refractivity contribution in [2.45, 2.75) is 6.42 Å². The third kappa shape index (κ3) is 2.50. The van der Waals surface area contributed by atoms with Gasteiger partial charge in [-0.25, -0.2) is 0 Å². The topological polar surface area (TPSA) is 66.6 Å². The molecule has 0 radical (unpaired) electrons. The fraction of sp³-hybridized carbons (Fsp3) is 0.455. The average Bonchev–Trinajstić information content (AvgIpc) is 2.77. The van der Waals surface area contributed by atoms with Gasteiger partial charge in [-0.3, -0.25) is 10.1 Å². The monoisotopic (exact) mass is 256 g/mol. The quantitative estimate of drug-likeness (QED) is 0.664. The molecule has 5 nitrogen and oxygen atoms in total. The van der Waals surface area contributed by atoms with E-state index in [1.54, 1.807) is 6.07 Å². The summed E-state index contributed by atoms with van der Waals surface area (Å²) >= 11 is 6.04. The number of aliphatic hydroxyl groups excluding tert-OH is 1. The summed E-state index contributed by atoms with van der Waals surface area (Å²) in [6, 6.07) is 4.48. The Balaban J connectivity index is 2.20. The second-order valence-corrected chi connectivity index (χ2v) is 4.58. The van der Waals surface area contributed by atoms with Gasteiger partial charge in [-0.15, -0.1) is 0 Å². The summed E-state index contributed by atoms with van der Waals surface area (Å²) in [5.74, 6) is 0.265. The maximum Gasteiger partial charge on any atom is 0.271 e. The first-order valence-corrected chi connectivity index (χ1v) is 5.79. The first kappa shape index (κ1) is 12.1. The van der Waals surface area contributed by atoms with Crippen molar-refractivity contribution < 1.29 is 10.0 Å². The molecule has 0 aromatic heterocycles. The molecule has 2 rings (SSSR count). The highest BCUT2D eigenvalue weighted by molar-refractivity contribution is 6.33. The largest absolute Gasteiger partial charge is 0.396 e. The number of rotatable bonds is 3. The molecule has 1 fully saturated rings. The van der Waals surface area contributed by atoms with Crippen LogP contribution in [-0.4, -0.2) is 29.7 Å². The van der Waals surface area contributed by atoms with Gasteiger partial charge in [0.05, 0.1) is 15.6 Å². The van der Waals surface area contributed by atoms with Crippen molar-refractivity contribution in [1.82, 2.24) is 0 Å². The number of hydrogen-bond donors (Lipinski definition) is 1. The standard InChI is InChI=1S/C11H13ClN2O3/c12-10-5-9(14(16)17)1-2-11(10)13-4-3-8(6-13)7-15/h1-2,5,8,15H,3-4,6-7H2. The second-order valence-electron chi connectivity index (χ2n) is 4.18. The van der Waals surface area contributed by atoms with Crippen LogP contribution in [-0.2, 0) is 0 Å². The third-order valence-electron chi connectivity index (χ3n) is 3.03. The lowest BCUT2D eigenvalue weighted by molar-refractivity contribution is -0.384. The van der Waals surface area contributed by atoms with Gasteiger partial charge in [-0.1, -0.05) is 11.6 Å². The Morgan fingerprint density at radius 1 is 1.59 bits per heavy atom. The van der Waals surface area contributed by atoms with Gasteiger partial charge >= 0.3 is 0 Å². The van der Waals surface area contributed by atoms with Gasteiger partial charge in [0.2, 0.25) is 0 Å². The molecule has 1 unspecified atom stereocenters. The highest BCUT2D eigenvalue weighted by Gasteiger charge is 2.24. The number of nitro benzene ring substituents is 1. The van der Waals surface area contributed by atoms with Gasteiger partial charge in [0.15, 0.2) is 0 Å². The molecule has 92 valence electrons. The molecule has 1 saturated heterocycles. The molecule has 1 N–H and O–H groups in total. The zero-order chi connectivity index (χ0) is 12.4. The van der Waals surface area contributed by atoms with E-state index in [0.29, 0.717) is 5.02 Å². The molecule has 1 aliphatic heterocycles. The Hall–Kier alpha value is -1.33. The summed E-state index contributed by atoms with van der Waals surface area (Å²) in [7, 11) is 0. The van der Waals surface area contributed by atoms with Crippen molar-refractivity contribution in [2.24, 2.45) is 5.92 Å². The van der Waals surface area contributed by atoms with E-state index >= 15 is 0 Å². The van der Waals surface area contributed by atoms with Gasteiger partial charge in [0.25, 0.3) is 5.69 Å². The molecule has 0 aliphatic carbocycles. The van der Waals surface area contributed by atoms with E-state index in [4.69, 9.17) is 16.7 Å². The predicted octanol–water partition coefficient (Wildman–Crippen LogP) is 2.07. The summed E-state index contributed by atoms with van der Waals surface area (Å²) in [4.78, 5) is 12.2. The minimum atomic E-state index is -0.462. The van der Waals surface area contributed by atoms with E-state index < -0.39 is 4.92 Å². The van der Waals surface area contributed by atoms with E-state index in [0.717, 1.165) is 25.2 Å². The van der Waals surface area contributed by atoms with Crippen LogP contribution in [0.1, 0.15) is 6.42 Å². The Labute approximate surface area is 104 Å². The normalized spacial score (nSPS) is 19.6. The number of hydrogen-bond acceptors (Lipinski definition) is 4. The maximum absolute atomic E-state index is 10.6. The highest BCUT2D eigenvalue weighted by atomic mass is 35.5. The highest BCUT2D eigenvalue weighted by Crippen LogP contribution is 2.32. The van der Waals surface area contributed by atoms with Crippen molar-refractivity contribution in [1.29, 1.82) is 0 Å². The number of nitro groups is 1. The molecular formula is C11H13ClN2O3. The SMILES string of the molecule is O=[N+]([O-])c1ccc(N2CCC(CO)C2)c(Cl)c1. The number of halogens is 1.